The van der Waals surface area contributed by atoms with Crippen LogP contribution < -0.4 is 4.74 Å². The summed E-state index contributed by atoms with van der Waals surface area (Å²) in [5.41, 5.74) is 0. The molecule has 0 amide bonds. The van der Waals surface area contributed by atoms with Crippen molar-refractivity contribution < 1.29 is 4.74 Å². The second-order valence-electron chi connectivity index (χ2n) is 3.73. The van der Waals surface area contributed by atoms with Gasteiger partial charge in [-0.05, 0) is 28.1 Å². The fourth-order valence-corrected chi connectivity index (χ4v) is 3.05. The summed E-state index contributed by atoms with van der Waals surface area (Å²) in [6.45, 7) is 4.20. The van der Waals surface area contributed by atoms with Crippen molar-refractivity contribution in [3.05, 3.63) is 28.7 Å². The highest BCUT2D eigenvalue weighted by atomic mass is 79.9. The molecular formula is C12H16BrNOS. The number of halogens is 1. The highest BCUT2D eigenvalue weighted by Crippen LogP contribution is 2.23. The van der Waals surface area contributed by atoms with Crippen molar-refractivity contribution in [1.82, 2.24) is 4.90 Å². The lowest BCUT2D eigenvalue weighted by Gasteiger charge is -2.25. The van der Waals surface area contributed by atoms with Gasteiger partial charge >= 0.3 is 0 Å². The van der Waals surface area contributed by atoms with Gasteiger partial charge in [0.1, 0.15) is 12.4 Å². The monoisotopic (exact) mass is 301 g/mol. The molecule has 0 saturated carbocycles. The van der Waals surface area contributed by atoms with Crippen molar-refractivity contribution in [2.24, 2.45) is 0 Å². The Kier molecular flexibility index (Phi) is 5.00. The van der Waals surface area contributed by atoms with Gasteiger partial charge < -0.3 is 4.74 Å². The average molecular weight is 302 g/mol. The van der Waals surface area contributed by atoms with E-state index >= 15 is 0 Å². The molecule has 0 N–H and O–H groups in total. The molecule has 0 spiro atoms. The summed E-state index contributed by atoms with van der Waals surface area (Å²) in [6, 6.07) is 8.00. The Labute approximate surface area is 109 Å². The number of benzene rings is 1. The summed E-state index contributed by atoms with van der Waals surface area (Å²) in [7, 11) is 0. The summed E-state index contributed by atoms with van der Waals surface area (Å²) in [6.07, 6.45) is 0. The molecule has 0 radical (unpaired) electrons. The van der Waals surface area contributed by atoms with E-state index in [1.54, 1.807) is 0 Å². The number of hydrogen-bond donors (Lipinski definition) is 0. The Morgan fingerprint density at radius 3 is 2.75 bits per heavy atom. The molecule has 2 rings (SSSR count). The zero-order valence-electron chi connectivity index (χ0n) is 9.19. The second-order valence-corrected chi connectivity index (χ2v) is 5.81. The summed E-state index contributed by atoms with van der Waals surface area (Å²) >= 11 is 5.52. The van der Waals surface area contributed by atoms with Gasteiger partial charge in [-0.25, -0.2) is 0 Å². The maximum absolute atomic E-state index is 5.74. The van der Waals surface area contributed by atoms with Gasteiger partial charge in [0.05, 0.1) is 4.47 Å². The van der Waals surface area contributed by atoms with Gasteiger partial charge in [-0.1, -0.05) is 12.1 Å². The number of para-hydroxylation sites is 1. The Morgan fingerprint density at radius 1 is 1.25 bits per heavy atom. The zero-order chi connectivity index (χ0) is 11.2. The Hall–Kier alpha value is -0.190. The van der Waals surface area contributed by atoms with Crippen LogP contribution in [0, 0.1) is 0 Å². The fourth-order valence-electron chi connectivity index (χ4n) is 1.67. The molecule has 0 aliphatic carbocycles. The van der Waals surface area contributed by atoms with Crippen LogP contribution in [0.2, 0.25) is 0 Å². The minimum absolute atomic E-state index is 0.771. The van der Waals surface area contributed by atoms with E-state index in [0.717, 1.165) is 23.4 Å². The molecule has 0 aromatic heterocycles. The van der Waals surface area contributed by atoms with Crippen LogP contribution in [0.25, 0.3) is 0 Å². The first-order valence-corrected chi connectivity index (χ1v) is 7.48. The van der Waals surface area contributed by atoms with Crippen LogP contribution in [-0.4, -0.2) is 42.6 Å². The maximum Gasteiger partial charge on any atom is 0.133 e. The van der Waals surface area contributed by atoms with Crippen LogP contribution in [0.4, 0.5) is 0 Å². The summed E-state index contributed by atoms with van der Waals surface area (Å²) in [4.78, 5) is 2.47. The molecule has 88 valence electrons. The highest BCUT2D eigenvalue weighted by Gasteiger charge is 2.09. The van der Waals surface area contributed by atoms with Crippen LogP contribution in [0.5, 0.6) is 5.75 Å². The van der Waals surface area contributed by atoms with E-state index in [1.165, 1.54) is 24.6 Å². The van der Waals surface area contributed by atoms with Crippen LogP contribution in [0.15, 0.2) is 28.7 Å². The van der Waals surface area contributed by atoms with Crippen LogP contribution in [0.3, 0.4) is 0 Å². The van der Waals surface area contributed by atoms with Crippen molar-refractivity contribution in [3.8, 4) is 5.75 Å². The standard InChI is InChI=1S/C12H16BrNOS/c13-11-3-1-2-4-12(11)15-8-5-14-6-9-16-10-7-14/h1-4H,5-10H2. The number of rotatable bonds is 4. The van der Waals surface area contributed by atoms with Gasteiger partial charge in [0.15, 0.2) is 0 Å². The molecule has 1 aliphatic heterocycles. The highest BCUT2D eigenvalue weighted by molar-refractivity contribution is 9.10. The van der Waals surface area contributed by atoms with Crippen molar-refractivity contribution in [1.29, 1.82) is 0 Å². The van der Waals surface area contributed by atoms with E-state index in [-0.39, 0.29) is 0 Å². The van der Waals surface area contributed by atoms with Gasteiger partial charge in [0, 0.05) is 31.1 Å². The lowest BCUT2D eigenvalue weighted by molar-refractivity contribution is 0.221. The number of nitrogens with zero attached hydrogens (tertiary/aromatic N) is 1. The number of thioether (sulfide) groups is 1. The largest absolute Gasteiger partial charge is 0.491 e. The van der Waals surface area contributed by atoms with E-state index in [2.05, 4.69) is 20.8 Å². The molecule has 0 unspecified atom stereocenters. The van der Waals surface area contributed by atoms with Gasteiger partial charge in [-0.3, -0.25) is 4.90 Å². The Bertz CT molecular complexity index is 329. The maximum atomic E-state index is 5.74. The number of ether oxygens (including phenoxy) is 1. The van der Waals surface area contributed by atoms with Crippen LogP contribution in [-0.2, 0) is 0 Å². The molecule has 1 saturated heterocycles. The van der Waals surface area contributed by atoms with Crippen molar-refractivity contribution in [3.63, 3.8) is 0 Å². The first kappa shape index (κ1) is 12.3. The average Bonchev–Trinajstić information content (AvgIpc) is 2.33. The number of hydrogen-bond acceptors (Lipinski definition) is 3. The third-order valence-corrected chi connectivity index (χ3v) is 4.20. The summed E-state index contributed by atoms with van der Waals surface area (Å²) in [5, 5.41) is 0. The topological polar surface area (TPSA) is 12.5 Å². The first-order valence-electron chi connectivity index (χ1n) is 5.54. The molecule has 1 heterocycles. The molecule has 4 heteroatoms. The molecule has 1 aromatic rings. The molecule has 1 aromatic carbocycles. The van der Waals surface area contributed by atoms with Gasteiger partial charge in [0.2, 0.25) is 0 Å². The Balaban J connectivity index is 1.73. The zero-order valence-corrected chi connectivity index (χ0v) is 11.6. The normalized spacial score (nSPS) is 17.3. The summed E-state index contributed by atoms with van der Waals surface area (Å²) < 4.78 is 6.78. The minimum Gasteiger partial charge on any atom is -0.491 e. The molecule has 1 fully saturated rings. The predicted molar refractivity (Wildman–Crippen MR) is 73.4 cm³/mol. The Morgan fingerprint density at radius 2 is 2.00 bits per heavy atom. The predicted octanol–water partition coefficient (Wildman–Crippen LogP) is 2.88. The van der Waals surface area contributed by atoms with E-state index in [1.807, 2.05) is 36.0 Å². The SMILES string of the molecule is Brc1ccccc1OCCN1CCSCC1. The fraction of sp³-hybridized carbons (Fsp3) is 0.500. The van der Waals surface area contributed by atoms with Crippen molar-refractivity contribution in [2.45, 2.75) is 0 Å². The lowest BCUT2D eigenvalue weighted by atomic mass is 10.3. The van der Waals surface area contributed by atoms with Gasteiger partial charge in [-0.15, -0.1) is 0 Å². The van der Waals surface area contributed by atoms with Crippen molar-refractivity contribution in [2.75, 3.05) is 37.7 Å². The van der Waals surface area contributed by atoms with Crippen LogP contribution >= 0.6 is 27.7 Å². The minimum atomic E-state index is 0.771. The van der Waals surface area contributed by atoms with Crippen LogP contribution in [0.1, 0.15) is 0 Å². The molecular weight excluding hydrogens is 286 g/mol. The van der Waals surface area contributed by atoms with Crippen molar-refractivity contribution >= 4 is 27.7 Å². The van der Waals surface area contributed by atoms with Gasteiger partial charge in [-0.2, -0.15) is 11.8 Å². The van der Waals surface area contributed by atoms with E-state index in [0.29, 0.717) is 0 Å². The first-order chi connectivity index (χ1) is 7.86. The summed E-state index contributed by atoms with van der Waals surface area (Å²) in [5.74, 6) is 3.46. The van der Waals surface area contributed by atoms with Gasteiger partial charge in [0.25, 0.3) is 0 Å². The molecule has 16 heavy (non-hydrogen) atoms. The molecule has 0 bridgehead atoms. The molecule has 0 atom stereocenters. The lowest BCUT2D eigenvalue weighted by Crippen LogP contribution is -2.35. The molecule has 1 aliphatic rings. The molecule has 2 nitrogen and oxygen atoms in total. The third kappa shape index (κ3) is 3.68. The smallest absolute Gasteiger partial charge is 0.133 e. The third-order valence-electron chi connectivity index (χ3n) is 2.61. The second kappa shape index (κ2) is 6.52. The van der Waals surface area contributed by atoms with E-state index in [9.17, 15) is 0 Å². The quantitative estimate of drug-likeness (QED) is 0.848. The van der Waals surface area contributed by atoms with E-state index < -0.39 is 0 Å². The van der Waals surface area contributed by atoms with E-state index in [4.69, 9.17) is 4.74 Å².